The van der Waals surface area contributed by atoms with Gasteiger partial charge in [0.1, 0.15) is 12.4 Å². The van der Waals surface area contributed by atoms with Crippen LogP contribution in [0, 0.1) is 0 Å². The van der Waals surface area contributed by atoms with Crippen LogP contribution in [0.4, 0.5) is 29.2 Å². The van der Waals surface area contributed by atoms with E-state index in [1.54, 1.807) is 60.7 Å². The van der Waals surface area contributed by atoms with Crippen LogP contribution in [0.3, 0.4) is 0 Å². The Labute approximate surface area is 283 Å². The van der Waals surface area contributed by atoms with E-state index in [1.807, 2.05) is 48.5 Å². The molecule has 0 spiro atoms. The average Bonchev–Trinajstić information content (AvgIpc) is 3.13. The lowest BCUT2D eigenvalue weighted by atomic mass is 10.2. The first-order valence-electron chi connectivity index (χ1n) is 15.6. The van der Waals surface area contributed by atoms with E-state index in [1.165, 1.54) is 0 Å². The van der Waals surface area contributed by atoms with Crippen LogP contribution in [0.25, 0.3) is 0 Å². The maximum atomic E-state index is 12.5. The van der Waals surface area contributed by atoms with Crippen LogP contribution in [0.5, 0.6) is 5.75 Å². The molecule has 1 aromatic heterocycles. The van der Waals surface area contributed by atoms with Gasteiger partial charge in [-0.2, -0.15) is 15.0 Å². The highest BCUT2D eigenvalue weighted by Gasteiger charge is 2.11. The summed E-state index contributed by atoms with van der Waals surface area (Å²) in [6.45, 7) is 2.50. The first kappa shape index (κ1) is 34.3. The lowest BCUT2D eigenvalue weighted by Crippen LogP contribution is -2.27. The number of benzene rings is 4. The summed E-state index contributed by atoms with van der Waals surface area (Å²) in [5.41, 5.74) is 3.24. The van der Waals surface area contributed by atoms with Gasteiger partial charge in [0.2, 0.25) is 17.8 Å². The fourth-order valence-corrected chi connectivity index (χ4v) is 4.35. The molecule has 5 rings (SSSR count). The number of ether oxygens (including phenoxy) is 3. The second kappa shape index (κ2) is 18.3. The van der Waals surface area contributed by atoms with Gasteiger partial charge in [0.05, 0.1) is 32.0 Å². The van der Waals surface area contributed by atoms with Crippen molar-refractivity contribution in [2.45, 2.75) is 6.61 Å². The van der Waals surface area contributed by atoms with E-state index in [2.05, 4.69) is 36.2 Å². The number of phenols is 1. The highest BCUT2D eigenvalue weighted by molar-refractivity contribution is 5.94. The molecule has 0 bridgehead atoms. The quantitative estimate of drug-likeness (QED) is 0.0467. The summed E-state index contributed by atoms with van der Waals surface area (Å²) in [7, 11) is 0. The summed E-state index contributed by atoms with van der Waals surface area (Å²) in [5.74, 6) is 0.391. The maximum Gasteiger partial charge on any atom is 0.338 e. The second-order valence-corrected chi connectivity index (χ2v) is 10.5. The third kappa shape index (κ3) is 11.6. The van der Waals surface area contributed by atoms with Crippen LogP contribution in [0.15, 0.2) is 109 Å². The number of hydrogen-bond donors (Lipinski definition) is 5. The summed E-state index contributed by atoms with van der Waals surface area (Å²) in [5, 5.41) is 21.8. The number of aromatic hydroxyl groups is 1. The number of hydrogen-bond acceptors (Lipinski definition) is 12. The highest BCUT2D eigenvalue weighted by atomic mass is 16.5. The van der Waals surface area contributed by atoms with Gasteiger partial charge in [-0.1, -0.05) is 48.5 Å². The normalized spacial score (nSPS) is 10.6. The smallest absolute Gasteiger partial charge is 0.338 e. The number of nitrogens with zero attached hydrogens (tertiary/aromatic N) is 3. The van der Waals surface area contributed by atoms with Gasteiger partial charge in [-0.25, -0.2) is 4.79 Å². The van der Waals surface area contributed by atoms with Crippen LogP contribution in [0.2, 0.25) is 0 Å². The zero-order valence-electron chi connectivity index (χ0n) is 26.7. The lowest BCUT2D eigenvalue weighted by Gasteiger charge is -2.12. The Hall–Kier alpha value is -6.05. The van der Waals surface area contributed by atoms with Gasteiger partial charge in [0, 0.05) is 30.0 Å². The van der Waals surface area contributed by atoms with Crippen molar-refractivity contribution in [1.29, 1.82) is 0 Å². The molecule has 5 aromatic rings. The van der Waals surface area contributed by atoms with Gasteiger partial charge >= 0.3 is 5.97 Å². The van der Waals surface area contributed by atoms with Gasteiger partial charge in [0.15, 0.2) is 0 Å². The van der Waals surface area contributed by atoms with Crippen molar-refractivity contribution in [1.82, 2.24) is 20.3 Å². The van der Waals surface area contributed by atoms with Crippen LogP contribution in [-0.4, -0.2) is 71.5 Å². The van der Waals surface area contributed by atoms with Crippen LogP contribution >= 0.6 is 0 Å². The minimum Gasteiger partial charge on any atom is -0.508 e. The van der Waals surface area contributed by atoms with Crippen LogP contribution in [-0.2, 0) is 20.8 Å². The lowest BCUT2D eigenvalue weighted by molar-refractivity contribution is 0.0472. The molecule has 13 heteroatoms. The Morgan fingerprint density at radius 1 is 0.592 bits per heavy atom. The number of phenolic OH excluding ortho intramolecular Hbond substituents is 1. The molecule has 0 unspecified atom stereocenters. The number of aromatic nitrogens is 3. The summed E-state index contributed by atoms with van der Waals surface area (Å²) >= 11 is 0. The number of carbonyl (C=O) groups is 2. The first-order valence-corrected chi connectivity index (χ1v) is 15.6. The summed E-state index contributed by atoms with van der Waals surface area (Å²) in [4.78, 5) is 38.0. The number of carbonyl (C=O) groups excluding carboxylic acids is 2. The van der Waals surface area contributed by atoms with Crippen LogP contribution in [0.1, 0.15) is 26.3 Å². The summed E-state index contributed by atoms with van der Waals surface area (Å²) in [6, 6.07) is 31.8. The minimum atomic E-state index is -0.427. The third-order valence-electron chi connectivity index (χ3n) is 6.82. The monoisotopic (exact) mass is 663 g/mol. The van der Waals surface area contributed by atoms with Crippen molar-refractivity contribution in [2.75, 3.05) is 55.5 Å². The first-order chi connectivity index (χ1) is 24.0. The Morgan fingerprint density at radius 2 is 1.14 bits per heavy atom. The number of anilines is 5. The van der Waals surface area contributed by atoms with E-state index in [-0.39, 0.29) is 30.2 Å². The zero-order valence-corrected chi connectivity index (χ0v) is 26.7. The molecular weight excluding hydrogens is 626 g/mol. The van der Waals surface area contributed by atoms with Crippen molar-refractivity contribution in [3.05, 3.63) is 126 Å². The van der Waals surface area contributed by atoms with Crippen molar-refractivity contribution in [2.24, 2.45) is 0 Å². The molecule has 0 atom stereocenters. The maximum absolute atomic E-state index is 12.5. The van der Waals surface area contributed by atoms with Crippen LogP contribution < -0.4 is 21.3 Å². The molecule has 252 valence electrons. The molecule has 0 aliphatic carbocycles. The predicted molar refractivity (Wildman–Crippen MR) is 185 cm³/mol. The van der Waals surface area contributed by atoms with E-state index >= 15 is 0 Å². The molecule has 0 aliphatic heterocycles. The molecule has 5 N–H and O–H groups in total. The molecule has 0 fully saturated rings. The Bertz CT molecular complexity index is 1760. The fraction of sp³-hybridized carbons (Fsp3) is 0.194. The van der Waals surface area contributed by atoms with E-state index in [4.69, 9.17) is 14.2 Å². The van der Waals surface area contributed by atoms with E-state index in [9.17, 15) is 14.7 Å². The van der Waals surface area contributed by atoms with E-state index in [0.29, 0.717) is 68.0 Å². The number of esters is 1. The van der Waals surface area contributed by atoms with Crippen molar-refractivity contribution in [3.63, 3.8) is 0 Å². The summed E-state index contributed by atoms with van der Waals surface area (Å²) in [6.07, 6.45) is 0. The Morgan fingerprint density at radius 3 is 1.78 bits per heavy atom. The zero-order chi connectivity index (χ0) is 34.1. The standard InChI is InChI=1S/C36H37N7O6/c44-31-17-15-30(16-18-31)40-36-42-34(38-20-22-48-24-23-47-21-19-37-32(45)27-9-5-2-6-10-27)41-35(43-36)39-29-13-11-28(12-14-29)33(46)49-25-26-7-3-1-4-8-26/h1-18,44H,19-25H2,(H,37,45)(H3,38,39,40,41,42,43). The number of rotatable bonds is 18. The second-order valence-electron chi connectivity index (χ2n) is 10.5. The molecule has 0 saturated heterocycles. The third-order valence-corrected chi connectivity index (χ3v) is 6.82. The Balaban J connectivity index is 1.09. The average molecular weight is 664 g/mol. The van der Waals surface area contributed by atoms with Crippen molar-refractivity contribution >= 4 is 41.1 Å². The molecule has 0 aliphatic rings. The number of amides is 1. The highest BCUT2D eigenvalue weighted by Crippen LogP contribution is 2.21. The SMILES string of the molecule is O=C(NCCOCCOCCNc1nc(Nc2ccc(O)cc2)nc(Nc2ccc(C(=O)OCc3ccccc3)cc2)n1)c1ccccc1. The molecule has 13 nitrogen and oxygen atoms in total. The molecule has 1 amide bonds. The van der Waals surface area contributed by atoms with Gasteiger partial charge in [-0.3, -0.25) is 4.79 Å². The summed E-state index contributed by atoms with van der Waals surface area (Å²) < 4.78 is 16.6. The fourth-order valence-electron chi connectivity index (χ4n) is 4.35. The molecule has 0 saturated carbocycles. The molecule has 4 aromatic carbocycles. The molecular formula is C36H37N7O6. The molecule has 1 heterocycles. The topological polar surface area (TPSA) is 169 Å². The Kier molecular flexibility index (Phi) is 12.8. The van der Waals surface area contributed by atoms with Gasteiger partial charge in [-0.15, -0.1) is 0 Å². The largest absolute Gasteiger partial charge is 0.508 e. The molecule has 49 heavy (non-hydrogen) atoms. The number of nitrogens with one attached hydrogen (secondary N) is 4. The van der Waals surface area contributed by atoms with Gasteiger partial charge in [-0.05, 0) is 66.2 Å². The molecule has 0 radical (unpaired) electrons. The van der Waals surface area contributed by atoms with E-state index < -0.39 is 5.97 Å². The van der Waals surface area contributed by atoms with Gasteiger partial charge < -0.3 is 40.6 Å². The van der Waals surface area contributed by atoms with E-state index in [0.717, 1.165) is 5.56 Å². The predicted octanol–water partition coefficient (Wildman–Crippen LogP) is 5.30. The van der Waals surface area contributed by atoms with Crippen molar-refractivity contribution < 1.29 is 28.9 Å². The van der Waals surface area contributed by atoms with Crippen molar-refractivity contribution in [3.8, 4) is 5.75 Å². The van der Waals surface area contributed by atoms with Gasteiger partial charge in [0.25, 0.3) is 5.91 Å². The minimum absolute atomic E-state index is 0.138.